The second-order valence-electron chi connectivity index (χ2n) is 5.96. The second kappa shape index (κ2) is 9.76. The summed E-state index contributed by atoms with van der Waals surface area (Å²) in [6.45, 7) is 7.18. The van der Waals surface area contributed by atoms with E-state index in [1.54, 1.807) is 11.8 Å². The zero-order valence-corrected chi connectivity index (χ0v) is 15.2. The predicted octanol–water partition coefficient (Wildman–Crippen LogP) is 1.72. The van der Waals surface area contributed by atoms with Crippen molar-refractivity contribution in [3.63, 3.8) is 0 Å². The third kappa shape index (κ3) is 5.58. The topological polar surface area (TPSA) is 59.1 Å². The van der Waals surface area contributed by atoms with Crippen LogP contribution >= 0.6 is 11.3 Å². The lowest BCUT2D eigenvalue weighted by Gasteiger charge is -2.29. The van der Waals surface area contributed by atoms with Crippen molar-refractivity contribution in [2.24, 2.45) is 5.92 Å². The maximum atomic E-state index is 12.7. The van der Waals surface area contributed by atoms with Gasteiger partial charge in [-0.05, 0) is 17.9 Å². The second-order valence-corrected chi connectivity index (χ2v) is 6.91. The Morgan fingerprint density at radius 2 is 2.17 bits per heavy atom. The lowest BCUT2D eigenvalue weighted by Crippen LogP contribution is -2.41. The minimum absolute atomic E-state index is 0.0114. The number of methoxy groups -OCH3 is 1. The molecule has 7 heteroatoms. The van der Waals surface area contributed by atoms with Gasteiger partial charge in [-0.1, -0.05) is 13.0 Å². The molecule has 1 aromatic heterocycles. The smallest absolute Gasteiger partial charge is 0.310 e. The molecule has 0 bridgehead atoms. The summed E-state index contributed by atoms with van der Waals surface area (Å²) < 4.78 is 10.1. The molecule has 1 fully saturated rings. The number of hydrogen-bond acceptors (Lipinski definition) is 6. The zero-order valence-electron chi connectivity index (χ0n) is 14.4. The third-order valence-corrected chi connectivity index (χ3v) is 4.98. The fraction of sp³-hybridized carbons (Fsp3) is 0.647. The molecule has 24 heavy (non-hydrogen) atoms. The number of morpholine rings is 1. The summed E-state index contributed by atoms with van der Waals surface area (Å²) in [6, 6.07) is 3.69. The van der Waals surface area contributed by atoms with E-state index >= 15 is 0 Å². The lowest BCUT2D eigenvalue weighted by atomic mass is 10.1. The molecule has 1 aliphatic heterocycles. The number of rotatable bonds is 8. The molecule has 0 radical (unpaired) electrons. The molecule has 1 amide bonds. The average Bonchev–Trinajstić information content (AvgIpc) is 3.15. The van der Waals surface area contributed by atoms with Gasteiger partial charge in [-0.25, -0.2) is 0 Å². The molecule has 1 unspecified atom stereocenters. The van der Waals surface area contributed by atoms with Gasteiger partial charge < -0.3 is 14.4 Å². The van der Waals surface area contributed by atoms with E-state index < -0.39 is 0 Å². The van der Waals surface area contributed by atoms with Crippen LogP contribution in [0.3, 0.4) is 0 Å². The molecule has 1 aromatic rings. The minimum Gasteiger partial charge on any atom is -0.469 e. The summed E-state index contributed by atoms with van der Waals surface area (Å²) >= 11 is 1.43. The Hall–Kier alpha value is -1.44. The van der Waals surface area contributed by atoms with Crippen molar-refractivity contribution in [3.8, 4) is 0 Å². The van der Waals surface area contributed by atoms with Gasteiger partial charge in [0, 0.05) is 32.7 Å². The van der Waals surface area contributed by atoms with Gasteiger partial charge in [0.15, 0.2) is 0 Å². The molecule has 0 aliphatic carbocycles. The van der Waals surface area contributed by atoms with E-state index in [0.29, 0.717) is 18.0 Å². The summed E-state index contributed by atoms with van der Waals surface area (Å²) in [5.74, 6) is -0.628. The summed E-state index contributed by atoms with van der Waals surface area (Å²) in [5, 5.41) is 1.89. The quantitative estimate of drug-likeness (QED) is 0.666. The molecule has 0 spiro atoms. The maximum absolute atomic E-state index is 12.7. The van der Waals surface area contributed by atoms with Crippen molar-refractivity contribution in [1.29, 1.82) is 0 Å². The van der Waals surface area contributed by atoms with Crippen molar-refractivity contribution >= 4 is 23.2 Å². The van der Waals surface area contributed by atoms with Crippen LogP contribution in [0.4, 0.5) is 0 Å². The van der Waals surface area contributed by atoms with Gasteiger partial charge >= 0.3 is 5.97 Å². The van der Waals surface area contributed by atoms with Gasteiger partial charge in [-0.3, -0.25) is 14.5 Å². The number of carbonyl (C=O) groups is 2. The van der Waals surface area contributed by atoms with Crippen LogP contribution in [-0.4, -0.2) is 74.7 Å². The number of ether oxygens (including phenoxy) is 2. The largest absolute Gasteiger partial charge is 0.469 e. The Labute approximate surface area is 147 Å². The number of esters is 1. The Balaban J connectivity index is 1.91. The molecule has 0 saturated carbocycles. The predicted molar refractivity (Wildman–Crippen MR) is 93.3 cm³/mol. The molecule has 1 saturated heterocycles. The molecule has 2 heterocycles. The van der Waals surface area contributed by atoms with Crippen LogP contribution < -0.4 is 0 Å². The molecule has 134 valence electrons. The van der Waals surface area contributed by atoms with E-state index in [2.05, 4.69) is 4.90 Å². The number of nitrogens with zero attached hydrogens (tertiary/aromatic N) is 2. The first-order chi connectivity index (χ1) is 11.6. The first-order valence-electron chi connectivity index (χ1n) is 8.32. The van der Waals surface area contributed by atoms with E-state index in [4.69, 9.17) is 9.47 Å². The summed E-state index contributed by atoms with van der Waals surface area (Å²) in [7, 11) is 1.38. The van der Waals surface area contributed by atoms with Crippen LogP contribution in [0.15, 0.2) is 17.5 Å². The Morgan fingerprint density at radius 1 is 1.42 bits per heavy atom. The summed E-state index contributed by atoms with van der Waals surface area (Å²) in [5.41, 5.74) is 0. The molecule has 0 N–H and O–H groups in total. The Bertz CT molecular complexity index is 515. The van der Waals surface area contributed by atoms with Gasteiger partial charge in [-0.2, -0.15) is 0 Å². The molecule has 6 nitrogen and oxygen atoms in total. The standard InChI is InChI=1S/C17H26N2O4S/c1-14(17(21)22-2)13-19(16(20)15-5-3-12-24-15)7-4-6-18-8-10-23-11-9-18/h3,5,12,14H,4,6-11,13H2,1-2H3. The van der Waals surface area contributed by atoms with Crippen molar-refractivity contribution in [2.75, 3.05) is 53.0 Å². The molecule has 0 aromatic carbocycles. The Morgan fingerprint density at radius 3 is 2.79 bits per heavy atom. The normalized spacial score (nSPS) is 16.6. The first-order valence-corrected chi connectivity index (χ1v) is 9.20. The summed E-state index contributed by atoms with van der Waals surface area (Å²) in [6.07, 6.45) is 0.880. The maximum Gasteiger partial charge on any atom is 0.310 e. The Kier molecular flexibility index (Phi) is 7.68. The molecule has 1 aliphatic rings. The molecule has 1 atom stereocenters. The highest BCUT2D eigenvalue weighted by Crippen LogP contribution is 2.14. The van der Waals surface area contributed by atoms with E-state index in [9.17, 15) is 9.59 Å². The number of thiophene rings is 1. The van der Waals surface area contributed by atoms with Crippen molar-refractivity contribution in [1.82, 2.24) is 9.80 Å². The summed E-state index contributed by atoms with van der Waals surface area (Å²) in [4.78, 5) is 29.2. The number of amides is 1. The van der Waals surface area contributed by atoms with Crippen LogP contribution in [0.5, 0.6) is 0 Å². The first kappa shape index (κ1) is 18.9. The van der Waals surface area contributed by atoms with Crippen LogP contribution in [-0.2, 0) is 14.3 Å². The highest BCUT2D eigenvalue weighted by Gasteiger charge is 2.23. The number of hydrogen-bond donors (Lipinski definition) is 0. The average molecular weight is 354 g/mol. The van der Waals surface area contributed by atoms with Gasteiger partial charge in [0.05, 0.1) is 31.1 Å². The molecular formula is C17H26N2O4S. The fourth-order valence-electron chi connectivity index (χ4n) is 2.75. The van der Waals surface area contributed by atoms with E-state index in [1.165, 1.54) is 18.4 Å². The van der Waals surface area contributed by atoms with Gasteiger partial charge in [0.1, 0.15) is 0 Å². The van der Waals surface area contributed by atoms with Crippen molar-refractivity contribution in [3.05, 3.63) is 22.4 Å². The monoisotopic (exact) mass is 354 g/mol. The minimum atomic E-state index is -0.331. The van der Waals surface area contributed by atoms with Gasteiger partial charge in [0.25, 0.3) is 5.91 Å². The van der Waals surface area contributed by atoms with Crippen molar-refractivity contribution < 1.29 is 19.1 Å². The number of carbonyl (C=O) groups excluding carboxylic acids is 2. The fourth-order valence-corrected chi connectivity index (χ4v) is 3.44. The van der Waals surface area contributed by atoms with Crippen LogP contribution in [0.2, 0.25) is 0 Å². The molecular weight excluding hydrogens is 328 g/mol. The third-order valence-electron chi connectivity index (χ3n) is 4.12. The van der Waals surface area contributed by atoms with Crippen molar-refractivity contribution in [2.45, 2.75) is 13.3 Å². The highest BCUT2D eigenvalue weighted by molar-refractivity contribution is 7.12. The van der Waals surface area contributed by atoms with E-state index in [-0.39, 0.29) is 17.8 Å². The van der Waals surface area contributed by atoms with Crippen LogP contribution in [0, 0.1) is 5.92 Å². The highest BCUT2D eigenvalue weighted by atomic mass is 32.1. The van der Waals surface area contributed by atoms with Crippen LogP contribution in [0.1, 0.15) is 23.0 Å². The molecule has 2 rings (SSSR count). The van der Waals surface area contributed by atoms with Gasteiger partial charge in [0.2, 0.25) is 0 Å². The SMILES string of the molecule is COC(=O)C(C)CN(CCCN1CCOCC1)C(=O)c1cccs1. The van der Waals surface area contributed by atoms with Gasteiger partial charge in [-0.15, -0.1) is 11.3 Å². The van der Waals surface area contributed by atoms with Crippen LogP contribution in [0.25, 0.3) is 0 Å². The zero-order chi connectivity index (χ0) is 17.4. The van der Waals surface area contributed by atoms with E-state index in [0.717, 1.165) is 39.3 Å². The lowest BCUT2D eigenvalue weighted by molar-refractivity contribution is -0.145. The van der Waals surface area contributed by atoms with E-state index in [1.807, 2.05) is 17.5 Å².